The molecule has 0 aliphatic rings. The Kier molecular flexibility index (Phi) is 6.80. The molecule has 0 aliphatic carbocycles. The number of benzene rings is 1. The fourth-order valence-electron chi connectivity index (χ4n) is 2.66. The first kappa shape index (κ1) is 19.0. The molecule has 2 heterocycles. The van der Waals surface area contributed by atoms with Gasteiger partial charge in [0.1, 0.15) is 11.0 Å². The highest BCUT2D eigenvalue weighted by molar-refractivity contribution is 7.16. The molecule has 3 aromatic rings. The van der Waals surface area contributed by atoms with E-state index in [1.165, 1.54) is 0 Å². The lowest BCUT2D eigenvalue weighted by Crippen LogP contribution is -2.38. The van der Waals surface area contributed by atoms with Crippen LogP contribution in [0.15, 0.2) is 54.0 Å². The molecule has 26 heavy (non-hydrogen) atoms. The predicted octanol–water partition coefficient (Wildman–Crippen LogP) is 4.59. The SMILES string of the molecule is CCN(CC(=O)NC(c1ccccc1)c1nccs1)Cc1ccc(Cl)s1. The summed E-state index contributed by atoms with van der Waals surface area (Å²) in [5.41, 5.74) is 1.03. The number of nitrogens with one attached hydrogen (secondary N) is 1. The standard InChI is InChI=1S/C19H20ClN3OS2/c1-2-23(12-15-8-9-16(20)26-15)13-17(24)22-18(19-21-10-11-25-19)14-6-4-3-5-7-14/h3-11,18H,2,12-13H2,1H3,(H,22,24). The van der Waals surface area contributed by atoms with E-state index in [2.05, 4.69) is 22.1 Å². The van der Waals surface area contributed by atoms with Gasteiger partial charge < -0.3 is 5.32 Å². The van der Waals surface area contributed by atoms with Gasteiger partial charge in [0.05, 0.1) is 10.9 Å². The molecule has 0 aliphatic heterocycles. The largest absolute Gasteiger partial charge is 0.342 e. The van der Waals surface area contributed by atoms with E-state index in [0.29, 0.717) is 13.1 Å². The summed E-state index contributed by atoms with van der Waals surface area (Å²) in [4.78, 5) is 20.3. The maximum absolute atomic E-state index is 12.7. The molecule has 4 nitrogen and oxygen atoms in total. The molecule has 2 aromatic heterocycles. The van der Waals surface area contributed by atoms with E-state index in [1.807, 2.05) is 47.8 Å². The average molecular weight is 406 g/mol. The van der Waals surface area contributed by atoms with Gasteiger partial charge in [-0.2, -0.15) is 0 Å². The molecule has 0 fully saturated rings. The number of rotatable bonds is 8. The molecule has 0 saturated heterocycles. The Morgan fingerprint density at radius 2 is 2.08 bits per heavy atom. The van der Waals surface area contributed by atoms with Crippen LogP contribution in [0.1, 0.15) is 28.4 Å². The molecule has 0 spiro atoms. The Morgan fingerprint density at radius 3 is 2.69 bits per heavy atom. The maximum atomic E-state index is 12.7. The van der Waals surface area contributed by atoms with Crippen LogP contribution in [0.5, 0.6) is 0 Å². The third-order valence-corrected chi connectivity index (χ3v) is 6.02. The van der Waals surface area contributed by atoms with Crippen LogP contribution in [0.4, 0.5) is 0 Å². The van der Waals surface area contributed by atoms with Gasteiger partial charge in [0.2, 0.25) is 5.91 Å². The summed E-state index contributed by atoms with van der Waals surface area (Å²) in [6.45, 7) is 3.89. The van der Waals surface area contributed by atoms with Gasteiger partial charge in [-0.05, 0) is 24.2 Å². The van der Waals surface area contributed by atoms with Crippen LogP contribution in [-0.2, 0) is 11.3 Å². The second-order valence-corrected chi connectivity index (χ2v) is 8.52. The van der Waals surface area contributed by atoms with Gasteiger partial charge >= 0.3 is 0 Å². The first-order valence-electron chi connectivity index (χ1n) is 8.36. The van der Waals surface area contributed by atoms with E-state index < -0.39 is 0 Å². The molecule has 1 N–H and O–H groups in total. The lowest BCUT2D eigenvalue weighted by Gasteiger charge is -2.22. The number of thiazole rings is 1. The predicted molar refractivity (Wildman–Crippen MR) is 109 cm³/mol. The number of nitrogens with zero attached hydrogens (tertiary/aromatic N) is 2. The van der Waals surface area contributed by atoms with Gasteiger partial charge in [-0.3, -0.25) is 9.69 Å². The van der Waals surface area contributed by atoms with Gasteiger partial charge in [0.15, 0.2) is 0 Å². The van der Waals surface area contributed by atoms with Crippen molar-refractivity contribution < 1.29 is 4.79 Å². The molecule has 1 aromatic carbocycles. The second-order valence-electron chi connectivity index (χ2n) is 5.79. The first-order chi connectivity index (χ1) is 12.7. The number of halogens is 1. The van der Waals surface area contributed by atoms with Crippen LogP contribution < -0.4 is 5.32 Å². The lowest BCUT2D eigenvalue weighted by molar-refractivity contribution is -0.122. The normalized spacial score (nSPS) is 12.3. The van der Waals surface area contributed by atoms with Crippen molar-refractivity contribution in [2.24, 2.45) is 0 Å². The second kappa shape index (κ2) is 9.28. The fourth-order valence-corrected chi connectivity index (χ4v) is 4.50. The third kappa shape index (κ3) is 5.14. The molecule has 136 valence electrons. The number of thiophene rings is 1. The van der Waals surface area contributed by atoms with E-state index in [4.69, 9.17) is 11.6 Å². The van der Waals surface area contributed by atoms with Gasteiger partial charge in [0, 0.05) is 23.0 Å². The number of hydrogen-bond donors (Lipinski definition) is 1. The van der Waals surface area contributed by atoms with E-state index >= 15 is 0 Å². The van der Waals surface area contributed by atoms with Crippen LogP contribution in [0.25, 0.3) is 0 Å². The van der Waals surface area contributed by atoms with Gasteiger partial charge in [-0.25, -0.2) is 4.98 Å². The van der Waals surface area contributed by atoms with Crippen molar-refractivity contribution in [3.05, 3.63) is 73.8 Å². The maximum Gasteiger partial charge on any atom is 0.235 e. The third-order valence-electron chi connectivity index (χ3n) is 3.96. The summed E-state index contributed by atoms with van der Waals surface area (Å²) >= 11 is 9.10. The average Bonchev–Trinajstić information content (AvgIpc) is 3.32. The summed E-state index contributed by atoms with van der Waals surface area (Å²) in [6.07, 6.45) is 1.76. The minimum atomic E-state index is -0.224. The zero-order valence-electron chi connectivity index (χ0n) is 14.4. The van der Waals surface area contributed by atoms with Crippen molar-refractivity contribution >= 4 is 40.2 Å². The quantitative estimate of drug-likeness (QED) is 0.596. The molecule has 1 unspecified atom stereocenters. The minimum Gasteiger partial charge on any atom is -0.342 e. The van der Waals surface area contributed by atoms with Crippen molar-refractivity contribution in [3.63, 3.8) is 0 Å². The molecular weight excluding hydrogens is 386 g/mol. The Morgan fingerprint density at radius 1 is 1.27 bits per heavy atom. The highest BCUT2D eigenvalue weighted by atomic mass is 35.5. The van der Waals surface area contributed by atoms with Crippen LogP contribution >= 0.6 is 34.3 Å². The molecule has 7 heteroatoms. The molecule has 1 amide bonds. The van der Waals surface area contributed by atoms with Gasteiger partial charge in [0.25, 0.3) is 0 Å². The molecule has 0 bridgehead atoms. The summed E-state index contributed by atoms with van der Waals surface area (Å²) in [5, 5.41) is 5.95. The minimum absolute atomic E-state index is 0.0152. The summed E-state index contributed by atoms with van der Waals surface area (Å²) in [7, 11) is 0. The van der Waals surface area contributed by atoms with Crippen molar-refractivity contribution in [1.29, 1.82) is 0 Å². The summed E-state index contributed by atoms with van der Waals surface area (Å²) in [5.74, 6) is -0.0152. The van der Waals surface area contributed by atoms with Crippen molar-refractivity contribution in [1.82, 2.24) is 15.2 Å². The number of aromatic nitrogens is 1. The molecule has 0 radical (unpaired) electrons. The Labute approximate surface area is 166 Å². The number of likely N-dealkylation sites (N-methyl/N-ethyl adjacent to an activating group) is 1. The molecule has 0 saturated carbocycles. The summed E-state index contributed by atoms with van der Waals surface area (Å²) < 4.78 is 0.772. The van der Waals surface area contributed by atoms with E-state index in [1.54, 1.807) is 28.9 Å². The van der Waals surface area contributed by atoms with Crippen LogP contribution in [0.2, 0.25) is 4.34 Å². The van der Waals surface area contributed by atoms with Crippen LogP contribution in [0.3, 0.4) is 0 Å². The topological polar surface area (TPSA) is 45.2 Å². The van der Waals surface area contributed by atoms with Crippen LogP contribution in [-0.4, -0.2) is 28.9 Å². The van der Waals surface area contributed by atoms with Crippen molar-refractivity contribution in [2.45, 2.75) is 19.5 Å². The van der Waals surface area contributed by atoms with Crippen molar-refractivity contribution in [3.8, 4) is 0 Å². The lowest BCUT2D eigenvalue weighted by atomic mass is 10.1. The van der Waals surface area contributed by atoms with Crippen molar-refractivity contribution in [2.75, 3.05) is 13.1 Å². The number of carbonyl (C=O) groups is 1. The zero-order chi connectivity index (χ0) is 18.4. The Balaban J connectivity index is 1.67. The van der Waals surface area contributed by atoms with Gasteiger partial charge in [-0.15, -0.1) is 22.7 Å². The van der Waals surface area contributed by atoms with Crippen LogP contribution in [0, 0.1) is 0 Å². The van der Waals surface area contributed by atoms with Gasteiger partial charge in [-0.1, -0.05) is 48.9 Å². The summed E-state index contributed by atoms with van der Waals surface area (Å²) in [6, 6.07) is 13.6. The number of carbonyl (C=O) groups excluding carboxylic acids is 1. The van der Waals surface area contributed by atoms with E-state index in [-0.39, 0.29) is 11.9 Å². The molecular formula is C19H20ClN3OS2. The fraction of sp³-hybridized carbons (Fsp3) is 0.263. The monoisotopic (exact) mass is 405 g/mol. The number of amides is 1. The zero-order valence-corrected chi connectivity index (χ0v) is 16.8. The molecule has 3 rings (SSSR count). The van der Waals surface area contributed by atoms with E-state index in [9.17, 15) is 4.79 Å². The highest BCUT2D eigenvalue weighted by Crippen LogP contribution is 2.24. The Hall–Kier alpha value is -1.73. The van der Waals surface area contributed by atoms with E-state index in [0.717, 1.165) is 26.3 Å². The Bertz CT molecular complexity index is 820. The number of hydrogen-bond acceptors (Lipinski definition) is 5. The smallest absolute Gasteiger partial charge is 0.235 e. The first-order valence-corrected chi connectivity index (χ1v) is 10.4. The highest BCUT2D eigenvalue weighted by Gasteiger charge is 2.20. The molecule has 1 atom stereocenters.